The second-order valence-electron chi connectivity index (χ2n) is 3.95. The average Bonchev–Trinajstić information content (AvgIpc) is 2.47. The van der Waals surface area contributed by atoms with E-state index in [1.807, 2.05) is 18.2 Å². The summed E-state index contributed by atoms with van der Waals surface area (Å²) in [5.74, 6) is 1.44. The number of nitrogens with zero attached hydrogens (tertiary/aromatic N) is 1. The Hall–Kier alpha value is -1.59. The molecule has 1 aromatic heterocycles. The van der Waals surface area contributed by atoms with Gasteiger partial charge in [-0.1, -0.05) is 0 Å². The van der Waals surface area contributed by atoms with Crippen molar-refractivity contribution in [3.05, 3.63) is 40.6 Å². The summed E-state index contributed by atoms with van der Waals surface area (Å²) in [6.45, 7) is 0.459. The Morgan fingerprint density at radius 3 is 2.63 bits per heavy atom. The van der Waals surface area contributed by atoms with Crippen molar-refractivity contribution in [1.82, 2.24) is 4.98 Å². The molecule has 19 heavy (non-hydrogen) atoms. The fourth-order valence-corrected chi connectivity index (χ4v) is 2.54. The van der Waals surface area contributed by atoms with Gasteiger partial charge in [0, 0.05) is 30.1 Å². The molecule has 0 unspecified atom stereocenters. The number of hydrogen-bond donors (Lipinski definition) is 1. The summed E-state index contributed by atoms with van der Waals surface area (Å²) in [5.41, 5.74) is 8.52. The maximum absolute atomic E-state index is 5.64. The van der Waals surface area contributed by atoms with Crippen LogP contribution in [-0.2, 0) is 6.54 Å². The van der Waals surface area contributed by atoms with E-state index in [4.69, 9.17) is 15.2 Å². The Labute approximate surface area is 120 Å². The van der Waals surface area contributed by atoms with Crippen molar-refractivity contribution in [2.24, 2.45) is 5.73 Å². The van der Waals surface area contributed by atoms with E-state index < -0.39 is 0 Å². The molecule has 0 aliphatic heterocycles. The smallest absolute Gasteiger partial charge is 0.144 e. The first kappa shape index (κ1) is 13.8. The van der Waals surface area contributed by atoms with Crippen molar-refractivity contribution < 1.29 is 9.47 Å². The molecule has 5 heteroatoms. The maximum Gasteiger partial charge on any atom is 0.144 e. The van der Waals surface area contributed by atoms with Crippen LogP contribution in [0, 0.1) is 0 Å². The van der Waals surface area contributed by atoms with Crippen LogP contribution in [0.15, 0.2) is 35.1 Å². The molecule has 0 saturated heterocycles. The van der Waals surface area contributed by atoms with Crippen LogP contribution >= 0.6 is 15.9 Å². The van der Waals surface area contributed by atoms with Crippen molar-refractivity contribution in [2.75, 3.05) is 14.2 Å². The Balaban J connectivity index is 2.58. The Kier molecular flexibility index (Phi) is 4.39. The summed E-state index contributed by atoms with van der Waals surface area (Å²) in [6, 6.07) is 5.83. The van der Waals surface area contributed by atoms with E-state index in [2.05, 4.69) is 20.9 Å². The van der Waals surface area contributed by atoms with Crippen LogP contribution in [0.2, 0.25) is 0 Å². The number of benzene rings is 1. The van der Waals surface area contributed by atoms with E-state index in [-0.39, 0.29) is 0 Å². The monoisotopic (exact) mass is 322 g/mol. The van der Waals surface area contributed by atoms with E-state index in [1.54, 1.807) is 26.6 Å². The molecule has 1 aromatic carbocycles. The number of nitrogens with two attached hydrogens (primary N) is 1. The molecule has 0 aliphatic rings. The highest BCUT2D eigenvalue weighted by molar-refractivity contribution is 9.10. The lowest BCUT2D eigenvalue weighted by molar-refractivity contribution is 0.390. The van der Waals surface area contributed by atoms with Gasteiger partial charge in [0.05, 0.1) is 14.2 Å². The van der Waals surface area contributed by atoms with Crippen LogP contribution < -0.4 is 15.2 Å². The minimum atomic E-state index is 0.459. The predicted molar refractivity (Wildman–Crippen MR) is 78.4 cm³/mol. The lowest BCUT2D eigenvalue weighted by atomic mass is 10.0. The second-order valence-corrected chi connectivity index (χ2v) is 4.74. The highest BCUT2D eigenvalue weighted by Crippen LogP contribution is 2.41. The molecule has 0 bridgehead atoms. The standard InChI is InChI=1S/C14H15BrN2O2/c1-18-12-4-3-11(14(19-2)13(12)15)10-5-9(6-16)7-17-8-10/h3-5,7-8H,6,16H2,1-2H3. The summed E-state index contributed by atoms with van der Waals surface area (Å²) in [7, 11) is 3.25. The van der Waals surface area contributed by atoms with E-state index in [0.29, 0.717) is 6.54 Å². The van der Waals surface area contributed by atoms with Crippen LogP contribution in [-0.4, -0.2) is 19.2 Å². The number of halogens is 1. The summed E-state index contributed by atoms with van der Waals surface area (Å²) in [6.07, 6.45) is 3.55. The fourth-order valence-electron chi connectivity index (χ4n) is 1.87. The van der Waals surface area contributed by atoms with Gasteiger partial charge in [-0.2, -0.15) is 0 Å². The Morgan fingerprint density at radius 2 is 2.00 bits per heavy atom. The van der Waals surface area contributed by atoms with Gasteiger partial charge in [0.25, 0.3) is 0 Å². The number of hydrogen-bond acceptors (Lipinski definition) is 4. The van der Waals surface area contributed by atoms with Gasteiger partial charge in [0.15, 0.2) is 0 Å². The van der Waals surface area contributed by atoms with Crippen LogP contribution in [0.3, 0.4) is 0 Å². The highest BCUT2D eigenvalue weighted by Gasteiger charge is 2.14. The average molecular weight is 323 g/mol. The zero-order chi connectivity index (χ0) is 13.8. The fraction of sp³-hybridized carbons (Fsp3) is 0.214. The lowest BCUT2D eigenvalue weighted by Crippen LogP contribution is -1.98. The van der Waals surface area contributed by atoms with Gasteiger partial charge in [0.1, 0.15) is 16.0 Å². The van der Waals surface area contributed by atoms with Crippen LogP contribution in [0.4, 0.5) is 0 Å². The Morgan fingerprint density at radius 1 is 1.21 bits per heavy atom. The molecule has 0 amide bonds. The molecule has 100 valence electrons. The number of aromatic nitrogens is 1. The zero-order valence-electron chi connectivity index (χ0n) is 10.8. The number of pyridine rings is 1. The molecule has 0 saturated carbocycles. The minimum Gasteiger partial charge on any atom is -0.495 e. The van der Waals surface area contributed by atoms with Gasteiger partial charge in [-0.15, -0.1) is 0 Å². The number of rotatable bonds is 4. The maximum atomic E-state index is 5.64. The van der Waals surface area contributed by atoms with Gasteiger partial charge in [0.2, 0.25) is 0 Å². The molecule has 0 spiro atoms. The van der Waals surface area contributed by atoms with E-state index in [1.165, 1.54) is 0 Å². The van der Waals surface area contributed by atoms with Crippen molar-refractivity contribution >= 4 is 15.9 Å². The molecule has 2 rings (SSSR count). The second kappa shape index (κ2) is 6.04. The third kappa shape index (κ3) is 2.72. The summed E-state index contributed by atoms with van der Waals surface area (Å²) in [5, 5.41) is 0. The van der Waals surface area contributed by atoms with Crippen molar-refractivity contribution in [3.8, 4) is 22.6 Å². The summed E-state index contributed by atoms with van der Waals surface area (Å²) < 4.78 is 11.5. The molecule has 2 aromatic rings. The molecular weight excluding hydrogens is 308 g/mol. The molecule has 0 radical (unpaired) electrons. The topological polar surface area (TPSA) is 57.4 Å². The molecular formula is C14H15BrN2O2. The van der Waals surface area contributed by atoms with Gasteiger partial charge in [-0.3, -0.25) is 4.98 Å². The van der Waals surface area contributed by atoms with Crippen molar-refractivity contribution in [2.45, 2.75) is 6.54 Å². The van der Waals surface area contributed by atoms with E-state index in [0.717, 1.165) is 32.7 Å². The SMILES string of the molecule is COc1ccc(-c2cncc(CN)c2)c(OC)c1Br. The number of methoxy groups -OCH3 is 2. The highest BCUT2D eigenvalue weighted by atomic mass is 79.9. The first-order valence-electron chi connectivity index (χ1n) is 5.76. The van der Waals surface area contributed by atoms with Crippen LogP contribution in [0.25, 0.3) is 11.1 Å². The van der Waals surface area contributed by atoms with Gasteiger partial charge in [-0.05, 0) is 39.7 Å². The third-order valence-corrected chi connectivity index (χ3v) is 3.58. The zero-order valence-corrected chi connectivity index (χ0v) is 12.4. The molecule has 0 fully saturated rings. The predicted octanol–water partition coefficient (Wildman–Crippen LogP) is 2.99. The summed E-state index contributed by atoms with van der Waals surface area (Å²) in [4.78, 5) is 4.20. The van der Waals surface area contributed by atoms with Gasteiger partial charge in [-0.25, -0.2) is 0 Å². The van der Waals surface area contributed by atoms with E-state index in [9.17, 15) is 0 Å². The Bertz CT molecular complexity index is 588. The summed E-state index contributed by atoms with van der Waals surface area (Å²) >= 11 is 3.49. The van der Waals surface area contributed by atoms with Crippen LogP contribution in [0.1, 0.15) is 5.56 Å². The first-order chi connectivity index (χ1) is 9.21. The molecule has 0 aliphatic carbocycles. The molecule has 0 atom stereocenters. The molecule has 1 heterocycles. The van der Waals surface area contributed by atoms with Gasteiger partial charge >= 0.3 is 0 Å². The quantitative estimate of drug-likeness (QED) is 0.940. The third-order valence-electron chi connectivity index (χ3n) is 2.83. The minimum absolute atomic E-state index is 0.459. The van der Waals surface area contributed by atoms with E-state index >= 15 is 0 Å². The molecule has 4 nitrogen and oxygen atoms in total. The van der Waals surface area contributed by atoms with Crippen LogP contribution in [0.5, 0.6) is 11.5 Å². The lowest BCUT2D eigenvalue weighted by Gasteiger charge is -2.13. The first-order valence-corrected chi connectivity index (χ1v) is 6.55. The number of ether oxygens (including phenoxy) is 2. The van der Waals surface area contributed by atoms with Crippen molar-refractivity contribution in [3.63, 3.8) is 0 Å². The van der Waals surface area contributed by atoms with Gasteiger partial charge < -0.3 is 15.2 Å². The largest absolute Gasteiger partial charge is 0.495 e. The van der Waals surface area contributed by atoms with Crippen molar-refractivity contribution in [1.29, 1.82) is 0 Å². The normalized spacial score (nSPS) is 10.3. The molecule has 2 N–H and O–H groups in total.